The number of carbonyl (C=O) groups is 2. The molecular formula is C17H22O4. The smallest absolute Gasteiger partial charge is 0.324 e. The van der Waals surface area contributed by atoms with Gasteiger partial charge < -0.3 is 9.47 Å². The third-order valence-electron chi connectivity index (χ3n) is 4.33. The molecule has 2 rings (SSSR count). The maximum Gasteiger partial charge on any atom is 0.324 e. The van der Waals surface area contributed by atoms with E-state index in [9.17, 15) is 9.59 Å². The maximum absolute atomic E-state index is 12.4. The molecule has 4 heteroatoms. The molecule has 21 heavy (non-hydrogen) atoms. The summed E-state index contributed by atoms with van der Waals surface area (Å²) in [5.41, 5.74) is 0.375. The molecule has 0 saturated carbocycles. The van der Waals surface area contributed by atoms with E-state index in [1.807, 2.05) is 44.2 Å². The highest BCUT2D eigenvalue weighted by atomic mass is 16.7. The lowest BCUT2D eigenvalue weighted by Gasteiger charge is -2.42. The second kappa shape index (κ2) is 5.51. The minimum absolute atomic E-state index is 0.496. The van der Waals surface area contributed by atoms with Crippen LogP contribution >= 0.6 is 0 Å². The molecule has 0 amide bonds. The van der Waals surface area contributed by atoms with Gasteiger partial charge in [-0.05, 0) is 18.4 Å². The van der Waals surface area contributed by atoms with Gasteiger partial charge in [-0.1, -0.05) is 44.2 Å². The normalized spacial score (nSPS) is 19.0. The van der Waals surface area contributed by atoms with Crippen molar-refractivity contribution in [3.05, 3.63) is 35.9 Å². The summed E-state index contributed by atoms with van der Waals surface area (Å²) < 4.78 is 10.6. The molecule has 1 saturated heterocycles. The second-order valence-electron chi connectivity index (χ2n) is 5.90. The Kier molecular flexibility index (Phi) is 4.08. The monoisotopic (exact) mass is 290 g/mol. The number of rotatable bonds is 4. The highest BCUT2D eigenvalue weighted by Gasteiger charge is 2.53. The van der Waals surface area contributed by atoms with Crippen LogP contribution in [0, 0.1) is 5.92 Å². The first-order chi connectivity index (χ1) is 9.86. The van der Waals surface area contributed by atoms with Crippen LogP contribution in [0.15, 0.2) is 30.3 Å². The van der Waals surface area contributed by atoms with Crippen LogP contribution in [0.3, 0.4) is 0 Å². The number of carbonyl (C=O) groups excluding carboxylic acids is 2. The third-order valence-corrected chi connectivity index (χ3v) is 4.33. The molecule has 1 aliphatic heterocycles. The van der Waals surface area contributed by atoms with Crippen molar-refractivity contribution in [1.82, 2.24) is 0 Å². The molecule has 1 aromatic rings. The first-order valence-corrected chi connectivity index (χ1v) is 7.37. The maximum atomic E-state index is 12.4. The van der Waals surface area contributed by atoms with Gasteiger partial charge in [0, 0.05) is 19.3 Å². The molecule has 1 fully saturated rings. The standard InChI is InChI=1S/C17H22O4/c1-5-17(6-2,12-10-8-7-9-11-12)13-14(18)20-16(3,4)21-15(13)19/h7-11,13H,5-6H2,1-4H3. The molecule has 1 heterocycles. The van der Waals surface area contributed by atoms with Gasteiger partial charge in [0.15, 0.2) is 5.92 Å². The van der Waals surface area contributed by atoms with Gasteiger partial charge in [0.2, 0.25) is 0 Å². The fraction of sp³-hybridized carbons (Fsp3) is 0.529. The summed E-state index contributed by atoms with van der Waals surface area (Å²) in [5.74, 6) is -3.09. The van der Waals surface area contributed by atoms with Crippen molar-refractivity contribution in [3.63, 3.8) is 0 Å². The van der Waals surface area contributed by atoms with Crippen LogP contribution in [0.2, 0.25) is 0 Å². The van der Waals surface area contributed by atoms with Crippen molar-refractivity contribution in [3.8, 4) is 0 Å². The zero-order chi connectivity index (χ0) is 15.7. The van der Waals surface area contributed by atoms with Gasteiger partial charge in [-0.15, -0.1) is 0 Å². The van der Waals surface area contributed by atoms with Crippen molar-refractivity contribution in [2.75, 3.05) is 0 Å². The van der Waals surface area contributed by atoms with E-state index in [1.165, 1.54) is 0 Å². The van der Waals surface area contributed by atoms with E-state index in [-0.39, 0.29) is 0 Å². The van der Waals surface area contributed by atoms with Crippen molar-refractivity contribution >= 4 is 11.9 Å². The van der Waals surface area contributed by atoms with Gasteiger partial charge in [0.1, 0.15) is 0 Å². The molecule has 4 nitrogen and oxygen atoms in total. The van der Waals surface area contributed by atoms with Crippen LogP contribution in [0.25, 0.3) is 0 Å². The van der Waals surface area contributed by atoms with Gasteiger partial charge in [-0.25, -0.2) is 0 Å². The molecule has 1 aliphatic rings. The predicted octanol–water partition coefficient (Wildman–Crippen LogP) is 3.20. The Morgan fingerprint density at radius 3 is 1.90 bits per heavy atom. The quantitative estimate of drug-likeness (QED) is 0.631. The minimum Gasteiger partial charge on any atom is -0.422 e. The average molecular weight is 290 g/mol. The van der Waals surface area contributed by atoms with E-state index in [0.717, 1.165) is 5.56 Å². The van der Waals surface area contributed by atoms with Crippen LogP contribution in [0.4, 0.5) is 0 Å². The fourth-order valence-electron chi connectivity index (χ4n) is 3.17. The zero-order valence-electron chi connectivity index (χ0n) is 13.0. The minimum atomic E-state index is -1.19. The van der Waals surface area contributed by atoms with Gasteiger partial charge in [0.05, 0.1) is 0 Å². The van der Waals surface area contributed by atoms with E-state index in [1.54, 1.807) is 13.8 Å². The fourth-order valence-corrected chi connectivity index (χ4v) is 3.17. The molecule has 0 aromatic heterocycles. The van der Waals surface area contributed by atoms with E-state index in [2.05, 4.69) is 0 Å². The van der Waals surface area contributed by atoms with Crippen molar-refractivity contribution in [1.29, 1.82) is 0 Å². The Hall–Kier alpha value is -1.84. The van der Waals surface area contributed by atoms with E-state index in [4.69, 9.17) is 9.47 Å². The highest BCUT2D eigenvalue weighted by molar-refractivity contribution is 5.98. The Morgan fingerprint density at radius 2 is 1.48 bits per heavy atom. The van der Waals surface area contributed by atoms with Gasteiger partial charge in [-0.2, -0.15) is 0 Å². The van der Waals surface area contributed by atoms with Crippen LogP contribution < -0.4 is 0 Å². The molecule has 0 atom stereocenters. The highest BCUT2D eigenvalue weighted by Crippen LogP contribution is 2.43. The first-order valence-electron chi connectivity index (χ1n) is 7.37. The number of benzene rings is 1. The molecule has 0 aliphatic carbocycles. The number of ether oxygens (including phenoxy) is 2. The van der Waals surface area contributed by atoms with Crippen LogP contribution in [0.5, 0.6) is 0 Å². The Morgan fingerprint density at radius 1 is 1.00 bits per heavy atom. The second-order valence-corrected chi connectivity index (χ2v) is 5.90. The summed E-state index contributed by atoms with van der Waals surface area (Å²) in [6, 6.07) is 9.65. The molecule has 0 N–H and O–H groups in total. The van der Waals surface area contributed by atoms with E-state index in [0.29, 0.717) is 12.8 Å². The first kappa shape index (κ1) is 15.5. The van der Waals surface area contributed by atoms with E-state index >= 15 is 0 Å². The Labute approximate surface area is 125 Å². The lowest BCUT2D eigenvalue weighted by molar-refractivity contribution is -0.244. The van der Waals surface area contributed by atoms with Gasteiger partial charge in [-0.3, -0.25) is 9.59 Å². The Balaban J connectivity index is 2.48. The van der Waals surface area contributed by atoms with E-state index < -0.39 is 29.1 Å². The number of hydrogen-bond acceptors (Lipinski definition) is 4. The number of hydrogen-bond donors (Lipinski definition) is 0. The number of esters is 2. The molecule has 114 valence electrons. The topological polar surface area (TPSA) is 52.6 Å². The lowest BCUT2D eigenvalue weighted by Crippen LogP contribution is -2.54. The molecular weight excluding hydrogens is 268 g/mol. The van der Waals surface area contributed by atoms with Crippen molar-refractivity contribution < 1.29 is 19.1 Å². The zero-order valence-corrected chi connectivity index (χ0v) is 13.0. The lowest BCUT2D eigenvalue weighted by atomic mass is 9.66. The Bertz CT molecular complexity index is 509. The van der Waals surface area contributed by atoms with Crippen molar-refractivity contribution in [2.24, 2.45) is 5.92 Å². The molecule has 0 bridgehead atoms. The summed E-state index contributed by atoms with van der Waals surface area (Å²) in [5, 5.41) is 0. The van der Waals surface area contributed by atoms with Gasteiger partial charge >= 0.3 is 11.9 Å². The van der Waals surface area contributed by atoms with Crippen LogP contribution in [-0.2, 0) is 24.5 Å². The van der Waals surface area contributed by atoms with Crippen LogP contribution in [-0.4, -0.2) is 17.7 Å². The number of cyclic esters (lactones) is 2. The summed E-state index contributed by atoms with van der Waals surface area (Å²) in [4.78, 5) is 24.9. The molecule has 0 unspecified atom stereocenters. The van der Waals surface area contributed by atoms with Gasteiger partial charge in [0.25, 0.3) is 5.79 Å². The summed E-state index contributed by atoms with van der Waals surface area (Å²) in [6.45, 7) is 7.11. The van der Waals surface area contributed by atoms with Crippen LogP contribution in [0.1, 0.15) is 46.1 Å². The average Bonchev–Trinajstić information content (AvgIpc) is 2.43. The predicted molar refractivity (Wildman–Crippen MR) is 78.5 cm³/mol. The van der Waals surface area contributed by atoms with Crippen molar-refractivity contribution in [2.45, 2.75) is 51.7 Å². The SMILES string of the molecule is CCC(CC)(c1ccccc1)C1C(=O)OC(C)(C)OC1=O. The summed E-state index contributed by atoms with van der Waals surface area (Å²) in [7, 11) is 0. The molecule has 0 radical (unpaired) electrons. The molecule has 0 spiro atoms. The summed E-state index contributed by atoms with van der Waals surface area (Å²) >= 11 is 0. The third kappa shape index (κ3) is 2.67. The molecule has 1 aromatic carbocycles. The summed E-state index contributed by atoms with van der Waals surface area (Å²) in [6.07, 6.45) is 1.31. The largest absolute Gasteiger partial charge is 0.422 e.